The molecule has 62 valence electrons. The third kappa shape index (κ3) is 4.98. The highest BCUT2D eigenvalue weighted by atomic mass is 31.2. The second kappa shape index (κ2) is 4.12. The van der Waals surface area contributed by atoms with Crippen molar-refractivity contribution in [1.82, 2.24) is 0 Å². The highest BCUT2D eigenvalue weighted by molar-refractivity contribution is 7.39. The number of hydrogen-bond acceptors (Lipinski definition) is 7. The maximum atomic E-state index is 8.13. The molecule has 0 aromatic carbocycles. The highest BCUT2D eigenvalue weighted by Crippen LogP contribution is 2.25. The Bertz CT molecular complexity index is 98.5. The Hall–Kier alpha value is 0.150. The van der Waals surface area contributed by atoms with Crippen LogP contribution in [0.4, 0.5) is 0 Å². The van der Waals surface area contributed by atoms with Crippen molar-refractivity contribution in [2.45, 2.75) is 5.85 Å². The van der Waals surface area contributed by atoms with Gasteiger partial charge in [-0.2, -0.15) is 9.56 Å². The van der Waals surface area contributed by atoms with Gasteiger partial charge in [0.15, 0.2) is 0 Å². The maximum absolute atomic E-state index is 8.13. The van der Waals surface area contributed by atoms with Crippen LogP contribution in [0.5, 0.6) is 0 Å². The molecule has 0 aliphatic carbocycles. The summed E-state index contributed by atoms with van der Waals surface area (Å²) >= 11 is 0. The van der Waals surface area contributed by atoms with Crippen LogP contribution >= 0.6 is 8.60 Å². The zero-order valence-electron chi connectivity index (χ0n) is 5.10. The van der Waals surface area contributed by atoms with E-state index in [2.05, 4.69) is 9.56 Å². The summed E-state index contributed by atoms with van der Waals surface area (Å²) in [5.74, 6) is -1.67. The van der Waals surface area contributed by atoms with E-state index >= 15 is 0 Å². The van der Waals surface area contributed by atoms with Gasteiger partial charge >= 0.3 is 8.60 Å². The van der Waals surface area contributed by atoms with Crippen LogP contribution in [-0.4, -0.2) is 22.2 Å². The molecule has 0 unspecified atom stereocenters. The summed E-state index contributed by atoms with van der Waals surface area (Å²) in [5.41, 5.74) is 15.1. The summed E-state index contributed by atoms with van der Waals surface area (Å²) in [4.78, 5) is 20.4. The molecule has 0 rings (SSSR count). The van der Waals surface area contributed by atoms with Gasteiger partial charge in [-0.25, -0.2) is 0 Å². The zero-order valence-corrected chi connectivity index (χ0v) is 5.99. The van der Waals surface area contributed by atoms with Crippen LogP contribution in [0.2, 0.25) is 0 Å². The molecule has 0 radical (unpaired) electrons. The lowest BCUT2D eigenvalue weighted by Crippen LogP contribution is -2.57. The van der Waals surface area contributed by atoms with Crippen LogP contribution in [0.15, 0.2) is 0 Å². The molecule has 0 aliphatic heterocycles. The molecule has 0 bridgehead atoms. The monoisotopic (exact) mass is 171 g/mol. The van der Waals surface area contributed by atoms with E-state index in [1.165, 1.54) is 0 Å². The Balaban J connectivity index is 3.46. The normalized spacial score (nSPS) is 12.6. The van der Waals surface area contributed by atoms with Crippen LogP contribution < -0.4 is 17.2 Å². The molecule has 0 aliphatic rings. The molecule has 0 amide bonds. The minimum atomic E-state index is -2.61. The summed E-state index contributed by atoms with van der Waals surface area (Å²) in [5, 5.41) is 0. The summed E-state index contributed by atoms with van der Waals surface area (Å²) in [7, 11) is -2.61. The van der Waals surface area contributed by atoms with Crippen molar-refractivity contribution in [3.05, 3.63) is 0 Å². The van der Waals surface area contributed by atoms with E-state index in [1.54, 1.807) is 0 Å². The Kier molecular flexibility index (Phi) is 4.18. The number of nitrogens with two attached hydrogens (primary N) is 3. The average Bonchev–Trinajstić information content (AvgIpc) is 1.85. The third-order valence-corrected chi connectivity index (χ3v) is 0.786. The van der Waals surface area contributed by atoms with Gasteiger partial charge in [0.05, 0.1) is 6.54 Å². The fourth-order valence-corrected chi connectivity index (χ4v) is 0.342. The van der Waals surface area contributed by atoms with Crippen LogP contribution in [0.25, 0.3) is 0 Å². The lowest BCUT2D eigenvalue weighted by Gasteiger charge is -2.20. The van der Waals surface area contributed by atoms with Crippen LogP contribution in [-0.2, 0) is 9.56 Å². The van der Waals surface area contributed by atoms with Crippen LogP contribution in [0, 0.1) is 0 Å². The smallest absolute Gasteiger partial charge is 0.327 e. The van der Waals surface area contributed by atoms with Gasteiger partial charge in [-0.15, -0.1) is 0 Å². The van der Waals surface area contributed by atoms with Crippen LogP contribution in [0.3, 0.4) is 0 Å². The highest BCUT2D eigenvalue weighted by Gasteiger charge is 2.20. The topological polar surface area (TPSA) is 137 Å². The van der Waals surface area contributed by atoms with Gasteiger partial charge in [0.2, 0.25) is 5.85 Å². The first-order chi connectivity index (χ1) is 4.48. The predicted octanol–water partition coefficient (Wildman–Crippen LogP) is -2.32. The number of rotatable bonds is 4. The molecule has 0 saturated carbocycles. The largest absolute Gasteiger partial charge is 0.357 e. The fraction of sp³-hybridized carbons (Fsp3) is 1.00. The van der Waals surface area contributed by atoms with E-state index in [1.807, 2.05) is 0 Å². The molecule has 0 fully saturated rings. The molecule has 0 heterocycles. The Morgan fingerprint density at radius 2 is 1.90 bits per heavy atom. The van der Waals surface area contributed by atoms with Gasteiger partial charge in [0.1, 0.15) is 0 Å². The quantitative estimate of drug-likeness (QED) is 0.138. The minimum Gasteiger partial charge on any atom is -0.327 e. The molecule has 0 aromatic heterocycles. The SMILES string of the molecule is NCC(N)(N)OOP(O)O. The first-order valence-corrected chi connectivity index (χ1v) is 3.46. The fourth-order valence-electron chi connectivity index (χ4n) is 0.137. The average molecular weight is 171 g/mol. The third-order valence-electron chi connectivity index (χ3n) is 0.578. The zero-order chi connectivity index (χ0) is 8.20. The van der Waals surface area contributed by atoms with Gasteiger partial charge in [0, 0.05) is 0 Å². The van der Waals surface area contributed by atoms with Crippen molar-refractivity contribution in [3.63, 3.8) is 0 Å². The Labute approximate surface area is 58.6 Å². The predicted molar refractivity (Wildman–Crippen MR) is 33.7 cm³/mol. The second-order valence-corrected chi connectivity index (χ2v) is 2.22. The molecule has 0 atom stereocenters. The van der Waals surface area contributed by atoms with Crippen molar-refractivity contribution in [2.75, 3.05) is 6.54 Å². The Morgan fingerprint density at radius 1 is 1.40 bits per heavy atom. The summed E-state index contributed by atoms with van der Waals surface area (Å²) in [6.45, 7) is -0.198. The molecular formula is C2H10N3O4P. The Morgan fingerprint density at radius 3 is 2.20 bits per heavy atom. The standard InChI is InChI=1S/C2H10N3O4P/c3-1-2(4,5)8-9-10(6)7/h6-7H,1,3-5H2. The number of hydrogen-bond donors (Lipinski definition) is 5. The van der Waals surface area contributed by atoms with E-state index in [9.17, 15) is 0 Å². The summed E-state index contributed by atoms with van der Waals surface area (Å²) in [6, 6.07) is 0. The van der Waals surface area contributed by atoms with Gasteiger partial charge in [-0.1, -0.05) is 0 Å². The molecule has 7 nitrogen and oxygen atoms in total. The lowest BCUT2D eigenvalue weighted by atomic mass is 10.5. The first-order valence-electron chi connectivity index (χ1n) is 2.29. The van der Waals surface area contributed by atoms with Crippen molar-refractivity contribution >= 4 is 8.60 Å². The molecule has 8 N–H and O–H groups in total. The van der Waals surface area contributed by atoms with Gasteiger partial charge < -0.3 is 15.5 Å². The van der Waals surface area contributed by atoms with E-state index in [0.29, 0.717) is 0 Å². The van der Waals surface area contributed by atoms with Gasteiger partial charge in [-0.05, 0) is 0 Å². The van der Waals surface area contributed by atoms with Crippen molar-refractivity contribution in [2.24, 2.45) is 17.2 Å². The van der Waals surface area contributed by atoms with E-state index in [4.69, 9.17) is 27.0 Å². The first kappa shape index (κ1) is 10.2. The molecule has 10 heavy (non-hydrogen) atoms. The molecule has 0 aromatic rings. The van der Waals surface area contributed by atoms with E-state index < -0.39 is 14.5 Å². The van der Waals surface area contributed by atoms with Crippen LogP contribution in [0.1, 0.15) is 0 Å². The van der Waals surface area contributed by atoms with Gasteiger partial charge in [-0.3, -0.25) is 11.5 Å². The summed E-state index contributed by atoms with van der Waals surface area (Å²) in [6.07, 6.45) is 0. The molecule has 0 saturated heterocycles. The molecule has 8 heteroatoms. The lowest BCUT2D eigenvalue weighted by molar-refractivity contribution is -0.291. The summed E-state index contributed by atoms with van der Waals surface area (Å²) < 4.78 is 3.84. The van der Waals surface area contributed by atoms with Crippen molar-refractivity contribution in [3.8, 4) is 0 Å². The van der Waals surface area contributed by atoms with Crippen molar-refractivity contribution in [1.29, 1.82) is 0 Å². The second-order valence-electron chi connectivity index (χ2n) is 1.57. The maximum Gasteiger partial charge on any atom is 0.357 e. The van der Waals surface area contributed by atoms with Crippen molar-refractivity contribution < 1.29 is 19.3 Å². The minimum absolute atomic E-state index is 0.198. The van der Waals surface area contributed by atoms with E-state index in [0.717, 1.165) is 0 Å². The van der Waals surface area contributed by atoms with Gasteiger partial charge in [0.25, 0.3) is 0 Å². The molecular weight excluding hydrogens is 161 g/mol. The van der Waals surface area contributed by atoms with E-state index in [-0.39, 0.29) is 6.54 Å². The molecule has 0 spiro atoms.